The molecule has 4 rings (SSSR count). The van der Waals surface area contributed by atoms with E-state index < -0.39 is 0 Å². The molecule has 2 heterocycles. The average Bonchev–Trinajstić information content (AvgIpc) is 3.23. The van der Waals surface area contributed by atoms with Crippen LogP contribution in [0.1, 0.15) is 29.2 Å². The Morgan fingerprint density at radius 2 is 1.84 bits per heavy atom. The number of amidine groups is 1. The van der Waals surface area contributed by atoms with Crippen molar-refractivity contribution in [2.45, 2.75) is 19.4 Å². The van der Waals surface area contributed by atoms with Gasteiger partial charge in [0, 0.05) is 11.4 Å². The minimum Gasteiger partial charge on any atom is -0.272 e. The standard InChI is InChI=1S/C19H16ClN3OS/c1-12-2-4-13(5-3-12)16-10-17(14-6-8-15(20)9-7-14)23(22-16)19-21-18(24)11-25-19/h2-9,17H,10-11H2,1H3. The van der Waals surface area contributed by atoms with E-state index in [9.17, 15) is 4.79 Å². The Morgan fingerprint density at radius 3 is 2.48 bits per heavy atom. The molecule has 2 aromatic carbocycles. The van der Waals surface area contributed by atoms with Crippen molar-refractivity contribution < 1.29 is 4.79 Å². The lowest BCUT2D eigenvalue weighted by molar-refractivity contribution is -0.115. The molecule has 0 fully saturated rings. The highest BCUT2D eigenvalue weighted by Crippen LogP contribution is 2.36. The summed E-state index contributed by atoms with van der Waals surface area (Å²) in [4.78, 5) is 15.7. The van der Waals surface area contributed by atoms with E-state index in [1.165, 1.54) is 17.3 Å². The van der Waals surface area contributed by atoms with E-state index in [0.29, 0.717) is 15.9 Å². The maximum atomic E-state index is 11.6. The first-order chi connectivity index (χ1) is 12.1. The van der Waals surface area contributed by atoms with Gasteiger partial charge in [-0.05, 0) is 30.2 Å². The highest BCUT2D eigenvalue weighted by atomic mass is 35.5. The maximum Gasteiger partial charge on any atom is 0.258 e. The maximum absolute atomic E-state index is 11.6. The molecule has 0 saturated heterocycles. The molecular weight excluding hydrogens is 354 g/mol. The SMILES string of the molecule is Cc1ccc(C2=NN(C3=NC(=O)CS3)C(c3ccc(Cl)cc3)C2)cc1. The fourth-order valence-electron chi connectivity index (χ4n) is 2.97. The molecule has 2 aliphatic rings. The lowest BCUT2D eigenvalue weighted by atomic mass is 9.98. The van der Waals surface area contributed by atoms with E-state index in [0.717, 1.165) is 23.3 Å². The van der Waals surface area contributed by atoms with Gasteiger partial charge in [0.25, 0.3) is 5.91 Å². The number of thioether (sulfide) groups is 1. The fraction of sp³-hybridized carbons (Fsp3) is 0.211. The molecule has 2 aromatic rings. The summed E-state index contributed by atoms with van der Waals surface area (Å²) in [6.07, 6.45) is 0.762. The van der Waals surface area contributed by atoms with Crippen molar-refractivity contribution in [2.24, 2.45) is 10.1 Å². The molecule has 4 nitrogen and oxygen atoms in total. The highest BCUT2D eigenvalue weighted by molar-refractivity contribution is 8.14. The number of hydrogen-bond donors (Lipinski definition) is 0. The molecular formula is C19H16ClN3OS. The highest BCUT2D eigenvalue weighted by Gasteiger charge is 2.34. The van der Waals surface area contributed by atoms with Gasteiger partial charge in [0.05, 0.1) is 17.5 Å². The molecule has 6 heteroatoms. The zero-order valence-corrected chi connectivity index (χ0v) is 15.2. The van der Waals surface area contributed by atoms with Crippen molar-refractivity contribution in [2.75, 3.05) is 5.75 Å². The number of nitrogens with zero attached hydrogens (tertiary/aromatic N) is 3. The average molecular weight is 370 g/mol. The van der Waals surface area contributed by atoms with E-state index in [1.54, 1.807) is 0 Å². The van der Waals surface area contributed by atoms with Gasteiger partial charge in [-0.1, -0.05) is 65.3 Å². The van der Waals surface area contributed by atoms with Crippen LogP contribution in [0.4, 0.5) is 0 Å². The van der Waals surface area contributed by atoms with Crippen LogP contribution in [0.3, 0.4) is 0 Å². The van der Waals surface area contributed by atoms with Gasteiger partial charge in [-0.2, -0.15) is 10.1 Å². The Labute approximate surface area is 155 Å². The Bertz CT molecular complexity index is 875. The quantitative estimate of drug-likeness (QED) is 0.786. The molecule has 0 bridgehead atoms. The number of rotatable bonds is 2. The molecule has 1 amide bonds. The number of hydrazone groups is 1. The van der Waals surface area contributed by atoms with Crippen LogP contribution in [0.25, 0.3) is 0 Å². The number of carbonyl (C=O) groups excluding carboxylic acids is 1. The summed E-state index contributed by atoms with van der Waals surface area (Å²) >= 11 is 7.47. The van der Waals surface area contributed by atoms with Crippen molar-refractivity contribution >= 4 is 40.1 Å². The van der Waals surface area contributed by atoms with Crippen molar-refractivity contribution in [1.82, 2.24) is 5.01 Å². The Kier molecular flexibility index (Phi) is 4.36. The third-order valence-corrected chi connectivity index (χ3v) is 5.47. The van der Waals surface area contributed by atoms with Crippen LogP contribution in [0.5, 0.6) is 0 Å². The van der Waals surface area contributed by atoms with Gasteiger partial charge in [0.1, 0.15) is 0 Å². The number of aryl methyl sites for hydroxylation is 1. The molecule has 0 aromatic heterocycles. The van der Waals surface area contributed by atoms with Crippen LogP contribution in [0.2, 0.25) is 5.02 Å². The van der Waals surface area contributed by atoms with Crippen LogP contribution >= 0.6 is 23.4 Å². The van der Waals surface area contributed by atoms with E-state index in [-0.39, 0.29) is 11.9 Å². The number of amides is 1. The summed E-state index contributed by atoms with van der Waals surface area (Å²) in [6.45, 7) is 2.07. The van der Waals surface area contributed by atoms with Crippen LogP contribution in [-0.2, 0) is 4.79 Å². The van der Waals surface area contributed by atoms with E-state index in [4.69, 9.17) is 16.7 Å². The molecule has 0 radical (unpaired) electrons. The number of benzene rings is 2. The number of hydrogen-bond acceptors (Lipinski definition) is 4. The first-order valence-corrected chi connectivity index (χ1v) is 9.40. The minimum absolute atomic E-state index is 0.0192. The van der Waals surface area contributed by atoms with Crippen molar-refractivity contribution in [1.29, 1.82) is 0 Å². The predicted molar refractivity (Wildman–Crippen MR) is 103 cm³/mol. The minimum atomic E-state index is -0.103. The summed E-state index contributed by atoms with van der Waals surface area (Å²) in [6, 6.07) is 16.2. The van der Waals surface area contributed by atoms with Crippen molar-refractivity contribution in [3.05, 3.63) is 70.2 Å². The van der Waals surface area contributed by atoms with E-state index >= 15 is 0 Å². The number of halogens is 1. The van der Waals surface area contributed by atoms with Gasteiger partial charge in [0.15, 0.2) is 5.17 Å². The van der Waals surface area contributed by atoms with Gasteiger partial charge < -0.3 is 0 Å². The van der Waals surface area contributed by atoms with Crippen molar-refractivity contribution in [3.63, 3.8) is 0 Å². The van der Waals surface area contributed by atoms with Gasteiger partial charge in [0.2, 0.25) is 0 Å². The second-order valence-corrected chi connectivity index (χ2v) is 7.48. The monoisotopic (exact) mass is 369 g/mol. The molecule has 25 heavy (non-hydrogen) atoms. The Morgan fingerprint density at radius 1 is 1.12 bits per heavy atom. The Hall–Kier alpha value is -2.11. The summed E-state index contributed by atoms with van der Waals surface area (Å²) in [5.41, 5.74) is 4.43. The molecule has 0 spiro atoms. The van der Waals surface area contributed by atoms with E-state index in [2.05, 4.69) is 36.2 Å². The molecule has 0 N–H and O–H groups in total. The third-order valence-electron chi connectivity index (χ3n) is 4.29. The second-order valence-electron chi connectivity index (χ2n) is 6.11. The van der Waals surface area contributed by atoms with Gasteiger partial charge >= 0.3 is 0 Å². The first-order valence-electron chi connectivity index (χ1n) is 8.04. The van der Waals surface area contributed by atoms with Crippen LogP contribution in [-0.4, -0.2) is 27.5 Å². The second kappa shape index (κ2) is 6.65. The van der Waals surface area contributed by atoms with Gasteiger partial charge in [-0.25, -0.2) is 5.01 Å². The topological polar surface area (TPSA) is 45.0 Å². The Balaban J connectivity index is 1.71. The lowest BCUT2D eigenvalue weighted by Gasteiger charge is -2.22. The molecule has 0 saturated carbocycles. The summed E-state index contributed by atoms with van der Waals surface area (Å²) in [5.74, 6) is 0.281. The molecule has 1 atom stereocenters. The van der Waals surface area contributed by atoms with Gasteiger partial charge in [-0.3, -0.25) is 4.79 Å². The summed E-state index contributed by atoms with van der Waals surface area (Å²) in [7, 11) is 0. The summed E-state index contributed by atoms with van der Waals surface area (Å²) in [5, 5.41) is 8.06. The number of carbonyl (C=O) groups is 1. The largest absolute Gasteiger partial charge is 0.272 e. The lowest BCUT2D eigenvalue weighted by Crippen LogP contribution is -2.23. The molecule has 0 aliphatic carbocycles. The van der Waals surface area contributed by atoms with Crippen LogP contribution < -0.4 is 0 Å². The van der Waals surface area contributed by atoms with Crippen LogP contribution in [0.15, 0.2) is 58.6 Å². The normalized spacial score (nSPS) is 20.0. The zero-order chi connectivity index (χ0) is 17.4. The van der Waals surface area contributed by atoms with E-state index in [1.807, 2.05) is 29.3 Å². The molecule has 2 aliphatic heterocycles. The number of aliphatic imine (C=N–C) groups is 1. The van der Waals surface area contributed by atoms with Crippen LogP contribution in [0, 0.1) is 6.92 Å². The zero-order valence-electron chi connectivity index (χ0n) is 13.6. The third kappa shape index (κ3) is 3.34. The fourth-order valence-corrected chi connectivity index (χ4v) is 3.88. The smallest absolute Gasteiger partial charge is 0.258 e. The van der Waals surface area contributed by atoms with Gasteiger partial charge in [-0.15, -0.1) is 0 Å². The van der Waals surface area contributed by atoms with Crippen molar-refractivity contribution in [3.8, 4) is 0 Å². The predicted octanol–water partition coefficient (Wildman–Crippen LogP) is 4.43. The first kappa shape index (κ1) is 16.4. The molecule has 126 valence electrons. The summed E-state index contributed by atoms with van der Waals surface area (Å²) < 4.78 is 0. The molecule has 1 unspecified atom stereocenters.